The van der Waals surface area contributed by atoms with E-state index >= 15 is 0 Å². The minimum Gasteiger partial charge on any atom is -0.310 e. The molecule has 1 amide bonds. The predicted molar refractivity (Wildman–Crippen MR) is 96.8 cm³/mol. The van der Waals surface area contributed by atoms with Gasteiger partial charge in [0, 0.05) is 35.8 Å². The molecule has 1 aromatic carbocycles. The van der Waals surface area contributed by atoms with Gasteiger partial charge in [-0.05, 0) is 23.8 Å². The van der Waals surface area contributed by atoms with Gasteiger partial charge >= 0.3 is 0 Å². The maximum Gasteiger partial charge on any atom is 0.241 e. The molecule has 0 radical (unpaired) electrons. The number of anilines is 1. The number of alkyl halides is 1. The molecule has 24 heavy (non-hydrogen) atoms. The molecule has 0 aliphatic carbocycles. The largest absolute Gasteiger partial charge is 0.310 e. The second-order valence-corrected chi connectivity index (χ2v) is 6.76. The average molecular weight is 369 g/mol. The molecule has 0 fully saturated rings. The Labute approximate surface area is 152 Å². The number of rotatable bonds is 3. The van der Waals surface area contributed by atoms with Crippen LogP contribution in [0, 0.1) is 5.82 Å². The van der Waals surface area contributed by atoms with Crippen LogP contribution in [-0.2, 0) is 16.6 Å². The summed E-state index contributed by atoms with van der Waals surface area (Å²) in [6, 6.07) is 8.31. The maximum atomic E-state index is 13.0. The molecular weight excluding hydrogens is 350 g/mol. The number of fused-ring (bicyclic) bond motifs is 1. The molecule has 2 heterocycles. The highest BCUT2D eigenvalue weighted by Gasteiger charge is 2.38. The second-order valence-electron chi connectivity index (χ2n) is 6.49. The van der Waals surface area contributed by atoms with E-state index in [1.165, 1.54) is 12.1 Å². The summed E-state index contributed by atoms with van der Waals surface area (Å²) in [5.41, 5.74) is 3.62. The van der Waals surface area contributed by atoms with E-state index in [0.717, 1.165) is 22.5 Å². The lowest BCUT2D eigenvalue weighted by molar-refractivity contribution is -0.116. The lowest BCUT2D eigenvalue weighted by atomic mass is 9.88. The van der Waals surface area contributed by atoms with Crippen LogP contribution in [0.3, 0.4) is 0 Å². The molecule has 1 aliphatic rings. The van der Waals surface area contributed by atoms with Gasteiger partial charge in [-0.2, -0.15) is 0 Å². The predicted octanol–water partition coefficient (Wildman–Crippen LogP) is 4.10. The zero-order valence-electron chi connectivity index (χ0n) is 13.6. The molecule has 3 rings (SSSR count). The smallest absolute Gasteiger partial charge is 0.241 e. The van der Waals surface area contributed by atoms with E-state index < -0.39 is 0 Å². The van der Waals surface area contributed by atoms with E-state index in [2.05, 4.69) is 18.8 Å². The van der Waals surface area contributed by atoms with Gasteiger partial charge in [-0.1, -0.05) is 26.0 Å². The van der Waals surface area contributed by atoms with Crippen molar-refractivity contribution in [1.82, 2.24) is 4.98 Å². The van der Waals surface area contributed by atoms with Gasteiger partial charge in [-0.3, -0.25) is 9.78 Å². The van der Waals surface area contributed by atoms with Crippen LogP contribution < -0.4 is 4.90 Å². The lowest BCUT2D eigenvalue weighted by Gasteiger charge is -2.19. The standard InChI is InChI=1S/C18H18ClFN2O.ClH/c1-18(2)11-22(17(23)9-19)16-8-14(21-10-15(16)18)7-12-3-5-13(20)6-4-12;/h3-6,8,10H,7,9,11H2,1-2H3;1H. The van der Waals surface area contributed by atoms with Crippen LogP contribution in [0.2, 0.25) is 0 Å². The fourth-order valence-electron chi connectivity index (χ4n) is 3.00. The topological polar surface area (TPSA) is 33.2 Å². The van der Waals surface area contributed by atoms with E-state index in [0.29, 0.717) is 13.0 Å². The van der Waals surface area contributed by atoms with Gasteiger partial charge in [0.05, 0.1) is 5.69 Å². The Morgan fingerprint density at radius 1 is 1.33 bits per heavy atom. The van der Waals surface area contributed by atoms with Crippen molar-refractivity contribution in [3.8, 4) is 0 Å². The van der Waals surface area contributed by atoms with Gasteiger partial charge in [0.25, 0.3) is 0 Å². The Morgan fingerprint density at radius 3 is 2.62 bits per heavy atom. The second kappa shape index (κ2) is 7.08. The number of halogens is 3. The Bertz CT molecular complexity index is 747. The molecular formula is C18H19Cl2FN2O. The Kier molecular flexibility index (Phi) is 5.51. The number of hydrogen-bond donors (Lipinski definition) is 0. The maximum absolute atomic E-state index is 13.0. The number of benzene rings is 1. The highest BCUT2D eigenvalue weighted by molar-refractivity contribution is 6.29. The van der Waals surface area contributed by atoms with Crippen LogP contribution in [0.15, 0.2) is 36.5 Å². The minimum absolute atomic E-state index is 0. The van der Waals surface area contributed by atoms with Crippen LogP contribution in [0.4, 0.5) is 10.1 Å². The molecule has 128 valence electrons. The summed E-state index contributed by atoms with van der Waals surface area (Å²) in [6.07, 6.45) is 2.44. The summed E-state index contributed by atoms with van der Waals surface area (Å²) in [6.45, 7) is 4.79. The molecule has 0 bridgehead atoms. The van der Waals surface area contributed by atoms with Crippen LogP contribution in [-0.4, -0.2) is 23.3 Å². The van der Waals surface area contributed by atoms with Gasteiger partial charge in [0.1, 0.15) is 11.7 Å². The molecule has 3 nitrogen and oxygen atoms in total. The number of hydrogen-bond acceptors (Lipinski definition) is 2. The number of amides is 1. The zero-order chi connectivity index (χ0) is 16.6. The molecule has 1 aromatic heterocycles. The van der Waals surface area contributed by atoms with Gasteiger partial charge < -0.3 is 4.90 Å². The summed E-state index contributed by atoms with van der Waals surface area (Å²) < 4.78 is 13.0. The summed E-state index contributed by atoms with van der Waals surface area (Å²) in [7, 11) is 0. The van der Waals surface area contributed by atoms with Crippen molar-refractivity contribution in [3.63, 3.8) is 0 Å². The van der Waals surface area contributed by atoms with Crippen molar-refractivity contribution in [1.29, 1.82) is 0 Å². The van der Waals surface area contributed by atoms with E-state index in [9.17, 15) is 9.18 Å². The molecule has 0 saturated carbocycles. The first-order chi connectivity index (χ1) is 10.9. The molecule has 6 heteroatoms. The van der Waals surface area contributed by atoms with Crippen molar-refractivity contribution in [2.24, 2.45) is 0 Å². The van der Waals surface area contributed by atoms with Crippen molar-refractivity contribution in [3.05, 3.63) is 59.2 Å². The first-order valence-corrected chi connectivity index (χ1v) is 8.04. The highest BCUT2D eigenvalue weighted by atomic mass is 35.5. The quantitative estimate of drug-likeness (QED) is 0.764. The van der Waals surface area contributed by atoms with Crippen LogP contribution in [0.25, 0.3) is 0 Å². The Balaban J connectivity index is 0.00000208. The van der Waals surface area contributed by atoms with E-state index in [-0.39, 0.29) is 35.4 Å². The van der Waals surface area contributed by atoms with Crippen LogP contribution in [0.5, 0.6) is 0 Å². The van der Waals surface area contributed by atoms with Crippen molar-refractivity contribution in [2.75, 3.05) is 17.3 Å². The Morgan fingerprint density at radius 2 is 2.00 bits per heavy atom. The minimum atomic E-state index is -0.253. The molecule has 0 spiro atoms. The normalized spacial score (nSPS) is 14.9. The van der Waals surface area contributed by atoms with E-state index in [4.69, 9.17) is 11.6 Å². The van der Waals surface area contributed by atoms with E-state index in [1.807, 2.05) is 12.3 Å². The molecule has 0 atom stereocenters. The van der Waals surface area contributed by atoms with Crippen molar-refractivity contribution >= 4 is 35.6 Å². The van der Waals surface area contributed by atoms with Gasteiger partial charge in [-0.25, -0.2) is 4.39 Å². The molecule has 2 aromatic rings. The van der Waals surface area contributed by atoms with Crippen molar-refractivity contribution in [2.45, 2.75) is 25.7 Å². The Hall–Kier alpha value is -1.65. The summed E-state index contributed by atoms with van der Waals surface area (Å²) in [5, 5.41) is 0. The number of nitrogens with zero attached hydrogens (tertiary/aromatic N) is 2. The lowest BCUT2D eigenvalue weighted by Crippen LogP contribution is -2.34. The fraction of sp³-hybridized carbons (Fsp3) is 0.333. The third kappa shape index (κ3) is 3.55. The van der Waals surface area contributed by atoms with Crippen molar-refractivity contribution < 1.29 is 9.18 Å². The van der Waals surface area contributed by atoms with E-state index in [1.54, 1.807) is 17.0 Å². The molecule has 0 unspecified atom stereocenters. The molecule has 1 aliphatic heterocycles. The monoisotopic (exact) mass is 368 g/mol. The average Bonchev–Trinajstić information content (AvgIpc) is 2.80. The van der Waals surface area contributed by atoms with Crippen LogP contribution in [0.1, 0.15) is 30.7 Å². The number of carbonyl (C=O) groups is 1. The first kappa shape index (κ1) is 18.7. The number of aromatic nitrogens is 1. The fourth-order valence-corrected chi connectivity index (χ4v) is 3.14. The molecule has 0 saturated heterocycles. The first-order valence-electron chi connectivity index (χ1n) is 7.51. The third-order valence-electron chi connectivity index (χ3n) is 4.23. The highest BCUT2D eigenvalue weighted by Crippen LogP contribution is 2.40. The summed E-state index contributed by atoms with van der Waals surface area (Å²) >= 11 is 5.73. The van der Waals surface area contributed by atoms with Gasteiger partial charge in [0.2, 0.25) is 5.91 Å². The molecule has 0 N–H and O–H groups in total. The summed E-state index contributed by atoms with van der Waals surface area (Å²) in [4.78, 5) is 18.4. The summed E-state index contributed by atoms with van der Waals surface area (Å²) in [5.74, 6) is -0.390. The van der Waals surface area contributed by atoms with Gasteiger partial charge in [0.15, 0.2) is 0 Å². The third-order valence-corrected chi connectivity index (χ3v) is 4.45. The van der Waals surface area contributed by atoms with Gasteiger partial charge in [-0.15, -0.1) is 24.0 Å². The van der Waals surface area contributed by atoms with Crippen LogP contribution >= 0.6 is 24.0 Å². The zero-order valence-corrected chi connectivity index (χ0v) is 15.1. The SMILES string of the molecule is CC1(C)CN(C(=O)CCl)c2cc(Cc3ccc(F)cc3)ncc21.Cl. The number of carbonyl (C=O) groups excluding carboxylic acids is 1. The number of pyridine rings is 1.